The molecule has 1 amide bonds. The number of ether oxygens (including phenoxy) is 4. The van der Waals surface area contributed by atoms with Crippen molar-refractivity contribution in [2.75, 3.05) is 60.2 Å². The summed E-state index contributed by atoms with van der Waals surface area (Å²) in [5.41, 5.74) is 4.05. The van der Waals surface area contributed by atoms with E-state index < -0.39 is 6.09 Å². The van der Waals surface area contributed by atoms with Crippen LogP contribution in [0.1, 0.15) is 29.3 Å². The van der Waals surface area contributed by atoms with Crippen LogP contribution in [0.3, 0.4) is 0 Å². The summed E-state index contributed by atoms with van der Waals surface area (Å²) in [5.74, 6) is 1.22. The van der Waals surface area contributed by atoms with Crippen molar-refractivity contribution in [3.63, 3.8) is 0 Å². The van der Waals surface area contributed by atoms with Gasteiger partial charge in [-0.1, -0.05) is 35.3 Å². The molecule has 8 nitrogen and oxygen atoms in total. The van der Waals surface area contributed by atoms with E-state index in [0.29, 0.717) is 48.6 Å². The Kier molecular flexibility index (Phi) is 10.8. The molecule has 1 aromatic heterocycles. The first kappa shape index (κ1) is 31.2. The number of hydrogen-bond donors (Lipinski definition) is 1. The SMILES string of the molecule is COCCN(CCCOc1ccc(C2c3[nH]c4ccc(Cl)cc4c3CCN2C(=O)Oc2ccc(Cl)cc2)cc1)CCOC. The lowest BCUT2D eigenvalue weighted by Crippen LogP contribution is -2.42. The number of rotatable bonds is 13. The Hall–Kier alpha value is -3.27. The number of aromatic nitrogens is 1. The van der Waals surface area contributed by atoms with E-state index in [-0.39, 0.29) is 6.04 Å². The third-order valence-electron chi connectivity index (χ3n) is 7.65. The zero-order chi connectivity index (χ0) is 30.2. The van der Waals surface area contributed by atoms with E-state index in [1.807, 2.05) is 42.5 Å². The van der Waals surface area contributed by atoms with Crippen LogP contribution in [-0.4, -0.2) is 81.1 Å². The number of carbonyl (C=O) groups excluding carboxylic acids is 1. The fraction of sp³-hybridized carbons (Fsp3) is 0.364. The lowest BCUT2D eigenvalue weighted by Gasteiger charge is -2.35. The van der Waals surface area contributed by atoms with Gasteiger partial charge in [0.05, 0.1) is 19.8 Å². The molecule has 1 unspecified atom stereocenters. The Morgan fingerprint density at radius 3 is 2.26 bits per heavy atom. The fourth-order valence-electron chi connectivity index (χ4n) is 5.47. The number of halogens is 2. The molecule has 3 aromatic carbocycles. The third-order valence-corrected chi connectivity index (χ3v) is 8.14. The van der Waals surface area contributed by atoms with Gasteiger partial charge in [-0.05, 0) is 78.6 Å². The van der Waals surface area contributed by atoms with Gasteiger partial charge in [-0.2, -0.15) is 0 Å². The van der Waals surface area contributed by atoms with Crippen LogP contribution in [0.4, 0.5) is 4.79 Å². The van der Waals surface area contributed by atoms with Crippen molar-refractivity contribution in [1.82, 2.24) is 14.8 Å². The second-order valence-corrected chi connectivity index (χ2v) is 11.3. The molecule has 0 spiro atoms. The van der Waals surface area contributed by atoms with Gasteiger partial charge in [0.15, 0.2) is 0 Å². The van der Waals surface area contributed by atoms with Crippen molar-refractivity contribution in [1.29, 1.82) is 0 Å². The summed E-state index contributed by atoms with van der Waals surface area (Å²) in [6.07, 6.45) is 1.12. The molecule has 0 bridgehead atoms. The fourth-order valence-corrected chi connectivity index (χ4v) is 5.76. The molecule has 0 fully saturated rings. The molecule has 1 aliphatic heterocycles. The molecule has 5 rings (SSSR count). The van der Waals surface area contributed by atoms with Gasteiger partial charge < -0.3 is 23.9 Å². The minimum atomic E-state index is -0.429. The molecular weight excluding hydrogens is 589 g/mol. The smallest absolute Gasteiger partial charge is 0.416 e. The average molecular weight is 627 g/mol. The van der Waals surface area contributed by atoms with Gasteiger partial charge in [0.2, 0.25) is 0 Å². The predicted octanol–water partition coefficient (Wildman–Crippen LogP) is 6.98. The molecule has 4 aromatic rings. The van der Waals surface area contributed by atoms with Crippen molar-refractivity contribution in [2.24, 2.45) is 0 Å². The number of nitrogens with one attached hydrogen (secondary N) is 1. The van der Waals surface area contributed by atoms with Crippen molar-refractivity contribution in [3.8, 4) is 11.5 Å². The van der Waals surface area contributed by atoms with E-state index in [1.54, 1.807) is 43.4 Å². The monoisotopic (exact) mass is 625 g/mol. The van der Waals surface area contributed by atoms with E-state index in [9.17, 15) is 4.79 Å². The zero-order valence-corrected chi connectivity index (χ0v) is 26.0. The minimum Gasteiger partial charge on any atom is -0.494 e. The van der Waals surface area contributed by atoms with Crippen molar-refractivity contribution < 1.29 is 23.7 Å². The highest BCUT2D eigenvalue weighted by Gasteiger charge is 2.35. The molecule has 0 aliphatic carbocycles. The average Bonchev–Trinajstić information content (AvgIpc) is 3.39. The Bertz CT molecular complexity index is 1490. The van der Waals surface area contributed by atoms with Gasteiger partial charge >= 0.3 is 6.09 Å². The van der Waals surface area contributed by atoms with Gasteiger partial charge in [-0.3, -0.25) is 9.80 Å². The topological polar surface area (TPSA) is 76.3 Å². The number of fused-ring (bicyclic) bond motifs is 3. The molecular formula is C33H37Cl2N3O5. The van der Waals surface area contributed by atoms with Gasteiger partial charge in [-0.25, -0.2) is 4.79 Å². The molecule has 0 saturated carbocycles. The summed E-state index contributed by atoms with van der Waals surface area (Å²) in [6, 6.07) is 20.2. The van der Waals surface area contributed by atoms with Crippen molar-refractivity contribution in [2.45, 2.75) is 18.9 Å². The predicted molar refractivity (Wildman–Crippen MR) is 170 cm³/mol. The molecule has 1 aliphatic rings. The standard InChI is InChI=1S/C33H37Cl2N3O5/c1-40-20-17-37(18-21-41-2)15-3-19-42-26-9-4-23(5-10-26)32-31-28(29-22-25(35)8-13-30(29)36-31)14-16-38(32)33(39)43-27-11-6-24(34)7-12-27/h4-13,22,32,36H,3,14-21H2,1-2H3. The first-order valence-corrected chi connectivity index (χ1v) is 15.2. The lowest BCUT2D eigenvalue weighted by atomic mass is 9.92. The van der Waals surface area contributed by atoms with E-state index in [0.717, 1.165) is 59.5 Å². The second-order valence-electron chi connectivity index (χ2n) is 10.5. The number of benzene rings is 3. The quantitative estimate of drug-likeness (QED) is 0.161. The summed E-state index contributed by atoms with van der Waals surface area (Å²) >= 11 is 12.4. The maximum atomic E-state index is 13.5. The molecule has 10 heteroatoms. The molecule has 1 atom stereocenters. The van der Waals surface area contributed by atoms with E-state index in [2.05, 4.69) is 9.88 Å². The number of carbonyl (C=O) groups is 1. The number of methoxy groups -OCH3 is 2. The highest BCUT2D eigenvalue weighted by Crippen LogP contribution is 2.40. The maximum absolute atomic E-state index is 13.5. The molecule has 43 heavy (non-hydrogen) atoms. The van der Waals surface area contributed by atoms with Crippen LogP contribution in [0.15, 0.2) is 66.7 Å². The van der Waals surface area contributed by atoms with Crippen LogP contribution >= 0.6 is 23.2 Å². The summed E-state index contributed by atoms with van der Waals surface area (Å²) in [7, 11) is 3.43. The first-order chi connectivity index (χ1) is 21.0. The van der Waals surface area contributed by atoms with E-state index >= 15 is 0 Å². The Labute approximate surface area is 262 Å². The van der Waals surface area contributed by atoms with Gasteiger partial charge in [0.25, 0.3) is 0 Å². The van der Waals surface area contributed by atoms with Gasteiger partial charge in [0, 0.05) is 67.0 Å². The Morgan fingerprint density at radius 1 is 0.884 bits per heavy atom. The summed E-state index contributed by atoms with van der Waals surface area (Å²) < 4.78 is 22.3. The molecule has 1 N–H and O–H groups in total. The number of amides is 1. The van der Waals surface area contributed by atoms with Crippen LogP contribution < -0.4 is 9.47 Å². The maximum Gasteiger partial charge on any atom is 0.416 e. The Balaban J connectivity index is 1.32. The van der Waals surface area contributed by atoms with Crippen LogP contribution in [0.25, 0.3) is 10.9 Å². The number of H-pyrrole nitrogens is 1. The third kappa shape index (κ3) is 7.82. The normalized spacial score (nSPS) is 14.7. The highest BCUT2D eigenvalue weighted by molar-refractivity contribution is 6.31. The first-order valence-electron chi connectivity index (χ1n) is 14.4. The van der Waals surface area contributed by atoms with Crippen LogP contribution in [0, 0.1) is 0 Å². The molecule has 0 saturated heterocycles. The number of aromatic amines is 1. The Morgan fingerprint density at radius 2 is 1.56 bits per heavy atom. The summed E-state index contributed by atoms with van der Waals surface area (Å²) in [6.45, 7) is 5.05. The summed E-state index contributed by atoms with van der Waals surface area (Å²) in [4.78, 5) is 21.2. The highest BCUT2D eigenvalue weighted by atomic mass is 35.5. The van der Waals surface area contributed by atoms with Crippen molar-refractivity contribution >= 4 is 40.2 Å². The van der Waals surface area contributed by atoms with Crippen molar-refractivity contribution in [3.05, 3.63) is 93.6 Å². The van der Waals surface area contributed by atoms with Gasteiger partial charge in [-0.15, -0.1) is 0 Å². The summed E-state index contributed by atoms with van der Waals surface area (Å²) in [5, 5.41) is 2.33. The van der Waals surface area contributed by atoms with E-state index in [4.69, 9.17) is 42.1 Å². The second kappa shape index (κ2) is 14.9. The number of nitrogens with zero attached hydrogens (tertiary/aromatic N) is 2. The zero-order valence-electron chi connectivity index (χ0n) is 24.5. The van der Waals surface area contributed by atoms with Crippen LogP contribution in [0.2, 0.25) is 10.0 Å². The number of hydrogen-bond acceptors (Lipinski definition) is 6. The van der Waals surface area contributed by atoms with Gasteiger partial charge in [0.1, 0.15) is 17.5 Å². The molecule has 0 radical (unpaired) electrons. The van der Waals surface area contributed by atoms with E-state index in [1.165, 1.54) is 0 Å². The lowest BCUT2D eigenvalue weighted by molar-refractivity contribution is 0.110. The molecule has 2 heterocycles. The largest absolute Gasteiger partial charge is 0.494 e. The van der Waals surface area contributed by atoms with Crippen LogP contribution in [0.5, 0.6) is 11.5 Å². The molecule has 228 valence electrons. The van der Waals surface area contributed by atoms with Crippen LogP contribution in [-0.2, 0) is 15.9 Å². The minimum absolute atomic E-state index is 0.376.